The maximum absolute atomic E-state index is 13.4. The molecule has 182 valence electrons. The van der Waals surface area contributed by atoms with Gasteiger partial charge in [-0.05, 0) is 66.6 Å². The maximum Gasteiger partial charge on any atom is 0.322 e. The molecule has 3 aromatic carbocycles. The Morgan fingerprint density at radius 3 is 2.42 bits per heavy atom. The first kappa shape index (κ1) is 23.2. The van der Waals surface area contributed by atoms with Gasteiger partial charge in [-0.15, -0.1) is 0 Å². The van der Waals surface area contributed by atoms with Crippen molar-refractivity contribution in [3.63, 3.8) is 0 Å². The number of aromatic nitrogens is 2. The van der Waals surface area contributed by atoms with Gasteiger partial charge >= 0.3 is 6.03 Å². The lowest BCUT2D eigenvalue weighted by Gasteiger charge is -2.35. The molecule has 4 aromatic rings. The van der Waals surface area contributed by atoms with E-state index in [0.717, 1.165) is 11.1 Å². The molecular weight excluding hydrogens is 466 g/mol. The summed E-state index contributed by atoms with van der Waals surface area (Å²) in [6, 6.07) is 18.1. The lowest BCUT2D eigenvalue weighted by atomic mass is 9.94. The Morgan fingerprint density at radius 1 is 1.03 bits per heavy atom. The molecule has 0 saturated heterocycles. The van der Waals surface area contributed by atoms with E-state index in [-0.39, 0.29) is 35.9 Å². The van der Waals surface area contributed by atoms with Gasteiger partial charge in [0.25, 0.3) is 5.89 Å². The fourth-order valence-electron chi connectivity index (χ4n) is 4.14. The van der Waals surface area contributed by atoms with E-state index >= 15 is 0 Å². The molecule has 0 fully saturated rings. The Bertz CT molecular complexity index is 1430. The van der Waals surface area contributed by atoms with Crippen LogP contribution in [-0.2, 0) is 6.54 Å². The molecular formula is C27H22F2N4O3. The van der Waals surface area contributed by atoms with Crippen LogP contribution in [-0.4, -0.2) is 28.2 Å². The zero-order chi connectivity index (χ0) is 25.2. The molecule has 0 saturated carbocycles. The quantitative estimate of drug-likeness (QED) is 0.375. The summed E-state index contributed by atoms with van der Waals surface area (Å²) in [6.07, 6.45) is 0. The molecule has 0 spiro atoms. The number of nitrogens with one attached hydrogen (secondary N) is 1. The lowest BCUT2D eigenvalue weighted by molar-refractivity contribution is 0.203. The van der Waals surface area contributed by atoms with Gasteiger partial charge < -0.3 is 14.6 Å². The van der Waals surface area contributed by atoms with Crippen molar-refractivity contribution in [1.29, 1.82) is 0 Å². The maximum atomic E-state index is 13.4. The third-order valence-electron chi connectivity index (χ3n) is 6.04. The predicted molar refractivity (Wildman–Crippen MR) is 128 cm³/mol. The molecule has 1 aliphatic heterocycles. The summed E-state index contributed by atoms with van der Waals surface area (Å²) < 4.78 is 37.8. The van der Waals surface area contributed by atoms with E-state index in [0.29, 0.717) is 22.6 Å². The smallest absolute Gasteiger partial charge is 0.322 e. The van der Waals surface area contributed by atoms with E-state index in [1.54, 1.807) is 43.2 Å². The minimum Gasteiger partial charge on any atom is -0.497 e. The second-order valence-electron chi connectivity index (χ2n) is 8.30. The van der Waals surface area contributed by atoms with Crippen LogP contribution in [0.3, 0.4) is 0 Å². The summed E-state index contributed by atoms with van der Waals surface area (Å²) >= 11 is 0. The molecule has 36 heavy (non-hydrogen) atoms. The van der Waals surface area contributed by atoms with Crippen LogP contribution >= 0.6 is 0 Å². The van der Waals surface area contributed by atoms with Crippen LogP contribution < -0.4 is 10.1 Å². The van der Waals surface area contributed by atoms with E-state index in [9.17, 15) is 13.6 Å². The number of ether oxygens (including phenoxy) is 1. The van der Waals surface area contributed by atoms with Gasteiger partial charge in [0.2, 0.25) is 5.82 Å². The molecule has 0 aliphatic carbocycles. The number of carbonyl (C=O) groups excluding carboxylic acids is 1. The second kappa shape index (κ2) is 9.61. The zero-order valence-electron chi connectivity index (χ0n) is 19.5. The monoisotopic (exact) mass is 488 g/mol. The van der Waals surface area contributed by atoms with Crippen LogP contribution in [0, 0.1) is 11.6 Å². The standard InChI is InChI=1S/C27H22F2N4O3/c1-16-23(26-31-25(32-36-26)18-8-12-21(29)13-9-18)24(19-4-3-5-22(14-19)35-2)30-27(34)33(16)15-17-6-10-20(28)11-7-17/h3-14,24H,15H2,1-2H3,(H,30,34). The zero-order valence-corrected chi connectivity index (χ0v) is 19.5. The highest BCUT2D eigenvalue weighted by Crippen LogP contribution is 2.38. The summed E-state index contributed by atoms with van der Waals surface area (Å²) in [5, 5.41) is 7.11. The van der Waals surface area contributed by atoms with Gasteiger partial charge in [-0.3, -0.25) is 4.90 Å². The van der Waals surface area contributed by atoms with Gasteiger partial charge in [0, 0.05) is 11.3 Å². The number of carbonyl (C=O) groups is 1. The van der Waals surface area contributed by atoms with E-state index in [1.807, 2.05) is 24.3 Å². The fraction of sp³-hybridized carbons (Fsp3) is 0.148. The minimum atomic E-state index is -0.599. The molecule has 1 N–H and O–H groups in total. The number of benzene rings is 3. The highest BCUT2D eigenvalue weighted by molar-refractivity contribution is 5.87. The van der Waals surface area contributed by atoms with Crippen LogP contribution in [0.2, 0.25) is 0 Å². The number of allylic oxidation sites excluding steroid dienone is 1. The van der Waals surface area contributed by atoms with Crippen molar-refractivity contribution < 1.29 is 22.8 Å². The van der Waals surface area contributed by atoms with Gasteiger partial charge in [-0.1, -0.05) is 29.4 Å². The van der Waals surface area contributed by atoms with Gasteiger partial charge in [0.15, 0.2) is 0 Å². The van der Waals surface area contributed by atoms with Crippen LogP contribution in [0.5, 0.6) is 5.75 Å². The number of hydrogen-bond acceptors (Lipinski definition) is 5. The summed E-state index contributed by atoms with van der Waals surface area (Å²) in [6.45, 7) is 2.01. The van der Waals surface area contributed by atoms with Crippen LogP contribution in [0.15, 0.2) is 83.0 Å². The Balaban J connectivity index is 1.59. The van der Waals surface area contributed by atoms with Crippen molar-refractivity contribution >= 4 is 11.6 Å². The highest BCUT2D eigenvalue weighted by Gasteiger charge is 2.36. The lowest BCUT2D eigenvalue weighted by Crippen LogP contribution is -2.45. The van der Waals surface area contributed by atoms with Crippen molar-refractivity contribution in [3.05, 3.63) is 107 Å². The minimum absolute atomic E-state index is 0.212. The van der Waals surface area contributed by atoms with Gasteiger partial charge in [0.1, 0.15) is 17.4 Å². The molecule has 0 radical (unpaired) electrons. The predicted octanol–water partition coefficient (Wildman–Crippen LogP) is 5.72. The van der Waals surface area contributed by atoms with Crippen molar-refractivity contribution in [1.82, 2.24) is 20.4 Å². The average Bonchev–Trinajstić information content (AvgIpc) is 3.37. The van der Waals surface area contributed by atoms with Gasteiger partial charge in [-0.2, -0.15) is 4.98 Å². The van der Waals surface area contributed by atoms with Crippen LogP contribution in [0.1, 0.15) is 30.0 Å². The number of rotatable bonds is 6. The topological polar surface area (TPSA) is 80.5 Å². The number of amides is 2. The Morgan fingerprint density at radius 2 is 1.72 bits per heavy atom. The number of methoxy groups -OCH3 is 1. The largest absolute Gasteiger partial charge is 0.497 e. The van der Waals surface area contributed by atoms with Crippen molar-refractivity contribution in [2.75, 3.05) is 7.11 Å². The first-order chi connectivity index (χ1) is 17.4. The first-order valence-corrected chi connectivity index (χ1v) is 11.2. The third-order valence-corrected chi connectivity index (χ3v) is 6.04. The molecule has 1 aliphatic rings. The fourth-order valence-corrected chi connectivity index (χ4v) is 4.14. The second-order valence-corrected chi connectivity index (χ2v) is 8.30. The van der Waals surface area contributed by atoms with Crippen LogP contribution in [0.4, 0.5) is 13.6 Å². The highest BCUT2D eigenvalue weighted by atomic mass is 19.1. The number of urea groups is 1. The summed E-state index contributed by atoms with van der Waals surface area (Å²) in [5.41, 5.74) is 3.31. The molecule has 9 heteroatoms. The van der Waals surface area contributed by atoms with E-state index in [4.69, 9.17) is 9.26 Å². The van der Waals surface area contributed by atoms with Crippen molar-refractivity contribution in [3.8, 4) is 17.1 Å². The molecule has 2 amide bonds. The average molecular weight is 488 g/mol. The Hall–Kier alpha value is -4.53. The first-order valence-electron chi connectivity index (χ1n) is 11.2. The molecule has 1 atom stereocenters. The van der Waals surface area contributed by atoms with Gasteiger partial charge in [-0.25, -0.2) is 13.6 Å². The van der Waals surface area contributed by atoms with Crippen molar-refractivity contribution in [2.24, 2.45) is 0 Å². The summed E-state index contributed by atoms with van der Waals surface area (Å²) in [4.78, 5) is 19.3. The van der Waals surface area contributed by atoms with E-state index in [1.165, 1.54) is 24.3 Å². The SMILES string of the molecule is COc1cccc(C2NC(=O)N(Cc3ccc(F)cc3)C(C)=C2c2nc(-c3ccc(F)cc3)no2)c1. The van der Waals surface area contributed by atoms with Crippen LogP contribution in [0.25, 0.3) is 17.0 Å². The summed E-state index contributed by atoms with van der Waals surface area (Å²) in [5.74, 6) is 0.406. The number of hydrogen-bond donors (Lipinski definition) is 1. The molecule has 1 aromatic heterocycles. The molecule has 1 unspecified atom stereocenters. The molecule has 5 rings (SSSR count). The molecule has 2 heterocycles. The van der Waals surface area contributed by atoms with Gasteiger partial charge in [0.05, 0.1) is 25.3 Å². The number of nitrogens with zero attached hydrogens (tertiary/aromatic N) is 3. The number of halogens is 2. The molecule has 0 bridgehead atoms. The molecule has 7 nitrogen and oxygen atoms in total. The normalized spacial score (nSPS) is 15.7. The van der Waals surface area contributed by atoms with Crippen molar-refractivity contribution in [2.45, 2.75) is 19.5 Å². The Kier molecular flexibility index (Phi) is 6.20. The Labute approximate surface area is 206 Å². The van der Waals surface area contributed by atoms with E-state index < -0.39 is 6.04 Å². The van der Waals surface area contributed by atoms with E-state index in [2.05, 4.69) is 15.5 Å². The summed E-state index contributed by atoms with van der Waals surface area (Å²) in [7, 11) is 1.57. The third kappa shape index (κ3) is 4.55.